The van der Waals surface area contributed by atoms with E-state index in [0.717, 1.165) is 38.3 Å². The van der Waals surface area contributed by atoms with Gasteiger partial charge in [0.05, 0.1) is 0 Å². The van der Waals surface area contributed by atoms with Gasteiger partial charge in [-0.05, 0) is 25.3 Å². The van der Waals surface area contributed by atoms with Crippen LogP contribution in [0, 0.1) is 6.92 Å². The van der Waals surface area contributed by atoms with E-state index in [1.165, 1.54) is 18.4 Å². The lowest BCUT2D eigenvalue weighted by atomic mass is 10.2. The third kappa shape index (κ3) is 4.56. The van der Waals surface area contributed by atoms with Crippen molar-refractivity contribution in [3.8, 4) is 0 Å². The summed E-state index contributed by atoms with van der Waals surface area (Å²) in [6.07, 6.45) is 4.57. The second-order valence-electron chi connectivity index (χ2n) is 6.71. The van der Waals surface area contributed by atoms with E-state index in [4.69, 9.17) is 0 Å². The van der Waals surface area contributed by atoms with Crippen LogP contribution in [-0.2, 0) is 6.54 Å². The molecule has 3 rings (SSSR count). The Labute approximate surface area is 149 Å². The van der Waals surface area contributed by atoms with Crippen molar-refractivity contribution in [3.63, 3.8) is 0 Å². The Bertz CT molecular complexity index is 709. The first-order valence-corrected chi connectivity index (χ1v) is 9.03. The van der Waals surface area contributed by atoms with Crippen LogP contribution < -0.4 is 4.90 Å². The molecule has 0 bridgehead atoms. The van der Waals surface area contributed by atoms with Crippen LogP contribution in [0.25, 0.3) is 0 Å². The normalized spacial score (nSPS) is 14.9. The molecule has 5 nitrogen and oxygen atoms in total. The summed E-state index contributed by atoms with van der Waals surface area (Å²) >= 11 is 0. The minimum absolute atomic E-state index is 0.0294. The highest BCUT2D eigenvalue weighted by Crippen LogP contribution is 2.17. The van der Waals surface area contributed by atoms with Gasteiger partial charge in [-0.2, -0.15) is 0 Å². The van der Waals surface area contributed by atoms with Crippen LogP contribution in [0.3, 0.4) is 0 Å². The summed E-state index contributed by atoms with van der Waals surface area (Å²) in [5.74, 6) is 1.45. The minimum Gasteiger partial charge on any atom is -0.355 e. The third-order valence-electron chi connectivity index (χ3n) is 4.59. The lowest BCUT2D eigenvalue weighted by Gasteiger charge is -2.22. The highest BCUT2D eigenvalue weighted by atomic mass is 16.2. The number of benzene rings is 1. The zero-order valence-electron chi connectivity index (χ0n) is 15.1. The number of rotatable bonds is 4. The molecule has 2 heterocycles. The molecule has 0 spiro atoms. The van der Waals surface area contributed by atoms with E-state index < -0.39 is 0 Å². The Morgan fingerprint density at radius 1 is 1.08 bits per heavy atom. The molecule has 1 fully saturated rings. The molecule has 1 aliphatic rings. The number of nitrogens with zero attached hydrogens (tertiary/aromatic N) is 4. The van der Waals surface area contributed by atoms with E-state index in [0.29, 0.717) is 11.5 Å². The van der Waals surface area contributed by atoms with Gasteiger partial charge >= 0.3 is 0 Å². The highest BCUT2D eigenvalue weighted by molar-refractivity contribution is 5.93. The summed E-state index contributed by atoms with van der Waals surface area (Å²) in [5, 5.41) is 0. The number of aryl methyl sites for hydroxylation is 1. The van der Waals surface area contributed by atoms with Crippen LogP contribution in [0.4, 0.5) is 5.82 Å². The standard InChI is InChI=1S/C20H26N4O/c1-16-21-18(20(25)24-12-8-3-4-9-13-24)14-19(22-16)23(2)15-17-10-6-5-7-11-17/h5-7,10-11,14H,3-4,8-9,12-13,15H2,1-2H3. The number of anilines is 1. The highest BCUT2D eigenvalue weighted by Gasteiger charge is 2.20. The molecule has 1 aliphatic heterocycles. The lowest BCUT2D eigenvalue weighted by Crippen LogP contribution is -2.33. The Hall–Kier alpha value is -2.43. The summed E-state index contributed by atoms with van der Waals surface area (Å²) in [5.41, 5.74) is 1.71. The molecule has 5 heteroatoms. The van der Waals surface area contributed by atoms with Crippen molar-refractivity contribution in [2.75, 3.05) is 25.0 Å². The van der Waals surface area contributed by atoms with Gasteiger partial charge in [0, 0.05) is 32.7 Å². The van der Waals surface area contributed by atoms with Crippen LogP contribution in [0.15, 0.2) is 36.4 Å². The minimum atomic E-state index is 0.0294. The summed E-state index contributed by atoms with van der Waals surface area (Å²) in [7, 11) is 2.00. The average molecular weight is 338 g/mol. The first-order valence-electron chi connectivity index (χ1n) is 9.03. The van der Waals surface area contributed by atoms with E-state index in [1.807, 2.05) is 43.1 Å². The number of aromatic nitrogens is 2. The Morgan fingerprint density at radius 2 is 1.76 bits per heavy atom. The molecule has 1 aromatic carbocycles. The Balaban J connectivity index is 1.78. The van der Waals surface area contributed by atoms with Crippen molar-refractivity contribution in [2.45, 2.75) is 39.2 Å². The van der Waals surface area contributed by atoms with Crippen molar-refractivity contribution in [1.29, 1.82) is 0 Å². The Kier molecular flexibility index (Phi) is 5.64. The van der Waals surface area contributed by atoms with E-state index in [2.05, 4.69) is 27.0 Å². The molecule has 1 amide bonds. The fourth-order valence-electron chi connectivity index (χ4n) is 3.23. The summed E-state index contributed by atoms with van der Waals surface area (Å²) < 4.78 is 0. The van der Waals surface area contributed by atoms with E-state index in [1.54, 1.807) is 0 Å². The second-order valence-corrected chi connectivity index (χ2v) is 6.71. The monoisotopic (exact) mass is 338 g/mol. The predicted molar refractivity (Wildman–Crippen MR) is 99.7 cm³/mol. The molecule has 132 valence electrons. The van der Waals surface area contributed by atoms with Gasteiger partial charge in [0.2, 0.25) is 0 Å². The van der Waals surface area contributed by atoms with Crippen molar-refractivity contribution in [2.24, 2.45) is 0 Å². The number of likely N-dealkylation sites (tertiary alicyclic amines) is 1. The van der Waals surface area contributed by atoms with Crippen LogP contribution in [0.5, 0.6) is 0 Å². The average Bonchev–Trinajstić information content (AvgIpc) is 2.91. The molecule has 2 aromatic rings. The van der Waals surface area contributed by atoms with Crippen molar-refractivity contribution < 1.29 is 4.79 Å². The number of amides is 1. The van der Waals surface area contributed by atoms with Gasteiger partial charge in [0.15, 0.2) is 0 Å². The summed E-state index contributed by atoms with van der Waals surface area (Å²) in [6.45, 7) is 4.25. The summed E-state index contributed by atoms with van der Waals surface area (Å²) in [6, 6.07) is 12.1. The zero-order chi connectivity index (χ0) is 17.6. The number of carbonyl (C=O) groups excluding carboxylic acids is 1. The molecule has 0 saturated carbocycles. The van der Waals surface area contributed by atoms with Crippen LogP contribution in [-0.4, -0.2) is 40.9 Å². The number of carbonyl (C=O) groups is 1. The first-order chi connectivity index (χ1) is 12.1. The van der Waals surface area contributed by atoms with Gasteiger partial charge in [-0.15, -0.1) is 0 Å². The molecule has 0 aliphatic carbocycles. The quantitative estimate of drug-likeness (QED) is 0.857. The topological polar surface area (TPSA) is 49.3 Å². The maximum atomic E-state index is 12.9. The molecule has 25 heavy (non-hydrogen) atoms. The number of hydrogen-bond donors (Lipinski definition) is 0. The second kappa shape index (κ2) is 8.10. The van der Waals surface area contributed by atoms with Crippen LogP contribution in [0.2, 0.25) is 0 Å². The van der Waals surface area contributed by atoms with Crippen molar-refractivity contribution in [1.82, 2.24) is 14.9 Å². The molecule has 1 saturated heterocycles. The predicted octanol–water partition coefficient (Wildman–Crippen LogP) is 3.44. The van der Waals surface area contributed by atoms with Gasteiger partial charge in [-0.25, -0.2) is 9.97 Å². The van der Waals surface area contributed by atoms with Crippen molar-refractivity contribution >= 4 is 11.7 Å². The van der Waals surface area contributed by atoms with E-state index in [9.17, 15) is 4.79 Å². The fraction of sp³-hybridized carbons (Fsp3) is 0.450. The molecular weight excluding hydrogens is 312 g/mol. The summed E-state index contributed by atoms with van der Waals surface area (Å²) in [4.78, 5) is 25.8. The van der Waals surface area contributed by atoms with Gasteiger partial charge in [-0.1, -0.05) is 43.2 Å². The number of hydrogen-bond acceptors (Lipinski definition) is 4. The van der Waals surface area contributed by atoms with E-state index >= 15 is 0 Å². The van der Waals surface area contributed by atoms with Gasteiger partial charge in [-0.3, -0.25) is 4.79 Å². The van der Waals surface area contributed by atoms with Crippen LogP contribution >= 0.6 is 0 Å². The molecule has 1 aromatic heterocycles. The maximum Gasteiger partial charge on any atom is 0.272 e. The van der Waals surface area contributed by atoms with Gasteiger partial charge < -0.3 is 9.80 Å². The SMILES string of the molecule is Cc1nc(C(=O)N2CCCCCC2)cc(N(C)Cc2ccccc2)n1. The maximum absolute atomic E-state index is 12.9. The van der Waals surface area contributed by atoms with Gasteiger partial charge in [0.25, 0.3) is 5.91 Å². The molecule has 0 N–H and O–H groups in total. The molecular formula is C20H26N4O. The molecule has 0 unspecified atom stereocenters. The largest absolute Gasteiger partial charge is 0.355 e. The van der Waals surface area contributed by atoms with Crippen molar-refractivity contribution in [3.05, 3.63) is 53.5 Å². The molecule has 0 radical (unpaired) electrons. The van der Waals surface area contributed by atoms with E-state index in [-0.39, 0.29) is 5.91 Å². The first kappa shape index (κ1) is 17.4. The fourth-order valence-corrected chi connectivity index (χ4v) is 3.23. The smallest absolute Gasteiger partial charge is 0.272 e. The third-order valence-corrected chi connectivity index (χ3v) is 4.59. The zero-order valence-corrected chi connectivity index (χ0v) is 15.1. The lowest BCUT2D eigenvalue weighted by molar-refractivity contribution is 0.0755. The Morgan fingerprint density at radius 3 is 2.44 bits per heavy atom. The molecule has 0 atom stereocenters. The van der Waals surface area contributed by atoms with Crippen LogP contribution in [0.1, 0.15) is 47.6 Å². The van der Waals surface area contributed by atoms with Gasteiger partial charge in [0.1, 0.15) is 17.3 Å².